The van der Waals surface area contributed by atoms with Crippen LogP contribution in [0.15, 0.2) is 30.5 Å². The summed E-state index contributed by atoms with van der Waals surface area (Å²) in [6.07, 6.45) is 1.51. The molecule has 7 heteroatoms. The fraction of sp³-hybridized carbons (Fsp3) is 0.143. The summed E-state index contributed by atoms with van der Waals surface area (Å²) in [5.41, 5.74) is 6.99. The fourth-order valence-corrected chi connectivity index (χ4v) is 2.16. The summed E-state index contributed by atoms with van der Waals surface area (Å²) in [5.74, 6) is -0.854. The van der Waals surface area contributed by atoms with Gasteiger partial charge >= 0.3 is 0 Å². The molecule has 0 aliphatic carbocycles. The number of halogens is 3. The number of hydrogen-bond acceptors (Lipinski definition) is 3. The number of anilines is 1. The van der Waals surface area contributed by atoms with Gasteiger partial charge in [0.15, 0.2) is 0 Å². The van der Waals surface area contributed by atoms with Gasteiger partial charge in [0.2, 0.25) is 5.91 Å². The second-order valence-corrected chi connectivity index (χ2v) is 5.19. The minimum absolute atomic E-state index is 0.0311. The molecule has 4 nitrogen and oxygen atoms in total. The van der Waals surface area contributed by atoms with E-state index in [4.69, 9.17) is 28.9 Å². The van der Waals surface area contributed by atoms with Crippen LogP contribution in [0.1, 0.15) is 11.1 Å². The molecule has 3 N–H and O–H groups in total. The monoisotopic (exact) mass is 327 g/mol. The third kappa shape index (κ3) is 4.31. The van der Waals surface area contributed by atoms with Crippen LogP contribution in [0, 0.1) is 5.82 Å². The van der Waals surface area contributed by atoms with E-state index in [9.17, 15) is 9.18 Å². The van der Waals surface area contributed by atoms with E-state index in [1.807, 2.05) is 0 Å². The van der Waals surface area contributed by atoms with Crippen molar-refractivity contribution in [2.75, 3.05) is 5.32 Å². The van der Waals surface area contributed by atoms with Crippen LogP contribution < -0.4 is 11.1 Å². The summed E-state index contributed by atoms with van der Waals surface area (Å²) in [6, 6.07) is 5.68. The normalized spacial score (nSPS) is 10.4. The molecular weight excluding hydrogens is 316 g/mol. The first-order valence-electron chi connectivity index (χ1n) is 6.06. The Morgan fingerprint density at radius 2 is 2.05 bits per heavy atom. The highest BCUT2D eigenvalue weighted by atomic mass is 35.5. The van der Waals surface area contributed by atoms with Crippen LogP contribution in [0.25, 0.3) is 0 Å². The number of nitrogens with one attached hydrogen (secondary N) is 1. The van der Waals surface area contributed by atoms with Gasteiger partial charge in [-0.05, 0) is 29.8 Å². The van der Waals surface area contributed by atoms with Crippen molar-refractivity contribution in [2.24, 2.45) is 5.73 Å². The first kappa shape index (κ1) is 15.5. The Bertz CT molecular complexity index is 679. The summed E-state index contributed by atoms with van der Waals surface area (Å²) < 4.78 is 13.2. The molecule has 0 unspecified atom stereocenters. The van der Waals surface area contributed by atoms with Crippen LogP contribution in [-0.2, 0) is 17.8 Å². The molecule has 0 saturated carbocycles. The number of nitrogens with two attached hydrogens (primary N) is 1. The molecule has 0 aliphatic rings. The number of carbonyl (C=O) groups excluding carboxylic acids is 1. The Morgan fingerprint density at radius 3 is 2.76 bits per heavy atom. The van der Waals surface area contributed by atoms with E-state index in [-0.39, 0.29) is 23.9 Å². The van der Waals surface area contributed by atoms with Crippen molar-refractivity contribution >= 4 is 34.8 Å². The van der Waals surface area contributed by atoms with Crippen molar-refractivity contribution in [2.45, 2.75) is 13.0 Å². The standard InChI is InChI=1S/C14H12Cl2FN3O/c15-11-2-1-10(17)3-8(11)6-19-12-5-13(16)20-7-9(12)4-14(18)21/h1-3,5,7H,4,6H2,(H2,18,21)(H,19,20). The first-order valence-corrected chi connectivity index (χ1v) is 6.82. The highest BCUT2D eigenvalue weighted by molar-refractivity contribution is 6.31. The third-order valence-electron chi connectivity index (χ3n) is 2.79. The molecule has 0 spiro atoms. The zero-order valence-electron chi connectivity index (χ0n) is 10.9. The molecule has 0 radical (unpaired) electrons. The highest BCUT2D eigenvalue weighted by Gasteiger charge is 2.09. The molecule has 1 heterocycles. The van der Waals surface area contributed by atoms with E-state index in [1.165, 1.54) is 24.4 Å². The van der Waals surface area contributed by atoms with Crippen molar-refractivity contribution in [3.05, 3.63) is 57.6 Å². The van der Waals surface area contributed by atoms with Gasteiger partial charge in [0.25, 0.3) is 0 Å². The van der Waals surface area contributed by atoms with Gasteiger partial charge in [-0.15, -0.1) is 0 Å². The van der Waals surface area contributed by atoms with Crippen LogP contribution in [0.4, 0.5) is 10.1 Å². The highest BCUT2D eigenvalue weighted by Crippen LogP contribution is 2.22. The molecule has 21 heavy (non-hydrogen) atoms. The largest absolute Gasteiger partial charge is 0.381 e. The van der Waals surface area contributed by atoms with Gasteiger partial charge in [0, 0.05) is 29.0 Å². The Hall–Kier alpha value is -1.85. The van der Waals surface area contributed by atoms with E-state index in [1.54, 1.807) is 6.07 Å². The predicted octanol–water partition coefficient (Wildman–Crippen LogP) is 3.17. The number of rotatable bonds is 5. The molecule has 2 rings (SSSR count). The number of carbonyl (C=O) groups is 1. The topological polar surface area (TPSA) is 68.0 Å². The molecule has 2 aromatic rings. The molecule has 0 saturated heterocycles. The van der Waals surface area contributed by atoms with E-state index in [2.05, 4.69) is 10.3 Å². The summed E-state index contributed by atoms with van der Waals surface area (Å²) in [5, 5.41) is 3.78. The van der Waals surface area contributed by atoms with E-state index in [0.717, 1.165) is 0 Å². The van der Waals surface area contributed by atoms with E-state index < -0.39 is 5.91 Å². The van der Waals surface area contributed by atoms with Crippen LogP contribution >= 0.6 is 23.2 Å². The number of pyridine rings is 1. The maximum Gasteiger partial charge on any atom is 0.221 e. The predicted molar refractivity (Wildman–Crippen MR) is 80.9 cm³/mol. The minimum Gasteiger partial charge on any atom is -0.381 e. The van der Waals surface area contributed by atoms with Gasteiger partial charge < -0.3 is 11.1 Å². The van der Waals surface area contributed by atoms with Gasteiger partial charge in [-0.2, -0.15) is 0 Å². The number of benzene rings is 1. The van der Waals surface area contributed by atoms with E-state index in [0.29, 0.717) is 21.8 Å². The molecule has 0 atom stereocenters. The third-order valence-corrected chi connectivity index (χ3v) is 3.37. The Morgan fingerprint density at radius 1 is 1.29 bits per heavy atom. The maximum absolute atomic E-state index is 13.2. The van der Waals surface area contributed by atoms with Gasteiger partial charge in [-0.1, -0.05) is 23.2 Å². The summed E-state index contributed by atoms with van der Waals surface area (Å²) >= 11 is 11.8. The average molecular weight is 328 g/mol. The number of aromatic nitrogens is 1. The second-order valence-electron chi connectivity index (χ2n) is 4.40. The van der Waals surface area contributed by atoms with Gasteiger partial charge in [0.1, 0.15) is 11.0 Å². The quantitative estimate of drug-likeness (QED) is 0.829. The van der Waals surface area contributed by atoms with Gasteiger partial charge in [-0.3, -0.25) is 4.79 Å². The maximum atomic E-state index is 13.2. The van der Waals surface area contributed by atoms with Crippen molar-refractivity contribution in [3.8, 4) is 0 Å². The van der Waals surface area contributed by atoms with Crippen molar-refractivity contribution in [3.63, 3.8) is 0 Å². The molecule has 0 fully saturated rings. The lowest BCUT2D eigenvalue weighted by molar-refractivity contribution is -0.117. The summed E-state index contributed by atoms with van der Waals surface area (Å²) in [4.78, 5) is 15.0. The van der Waals surface area contributed by atoms with Crippen LogP contribution in [-0.4, -0.2) is 10.9 Å². The zero-order valence-corrected chi connectivity index (χ0v) is 12.4. The lowest BCUT2D eigenvalue weighted by Gasteiger charge is -2.12. The Kier molecular flexibility index (Phi) is 4.98. The molecule has 1 amide bonds. The molecule has 1 aromatic carbocycles. The summed E-state index contributed by atoms with van der Waals surface area (Å²) in [6.45, 7) is 0.280. The first-order chi connectivity index (χ1) is 9.95. The summed E-state index contributed by atoms with van der Waals surface area (Å²) in [7, 11) is 0. The van der Waals surface area contributed by atoms with Gasteiger partial charge in [-0.25, -0.2) is 9.37 Å². The van der Waals surface area contributed by atoms with Crippen molar-refractivity contribution in [1.29, 1.82) is 0 Å². The van der Waals surface area contributed by atoms with Crippen molar-refractivity contribution in [1.82, 2.24) is 4.98 Å². The molecule has 110 valence electrons. The average Bonchev–Trinajstić information content (AvgIpc) is 2.42. The molecule has 1 aromatic heterocycles. The van der Waals surface area contributed by atoms with Gasteiger partial charge in [0.05, 0.1) is 6.42 Å². The van der Waals surface area contributed by atoms with E-state index >= 15 is 0 Å². The van der Waals surface area contributed by atoms with Crippen LogP contribution in [0.5, 0.6) is 0 Å². The number of primary amides is 1. The minimum atomic E-state index is -0.481. The Labute approximate surface area is 131 Å². The van der Waals surface area contributed by atoms with Crippen molar-refractivity contribution < 1.29 is 9.18 Å². The number of hydrogen-bond donors (Lipinski definition) is 2. The molecule has 0 bridgehead atoms. The number of nitrogens with zero attached hydrogens (tertiary/aromatic N) is 1. The molecular formula is C14H12Cl2FN3O. The smallest absolute Gasteiger partial charge is 0.221 e. The van der Waals surface area contributed by atoms with Crippen LogP contribution in [0.3, 0.4) is 0 Å². The zero-order chi connectivity index (χ0) is 15.4. The van der Waals surface area contributed by atoms with Crippen LogP contribution in [0.2, 0.25) is 10.2 Å². The number of amides is 1. The second kappa shape index (κ2) is 6.74. The Balaban J connectivity index is 2.20. The lowest BCUT2D eigenvalue weighted by atomic mass is 10.1. The molecule has 0 aliphatic heterocycles. The SMILES string of the molecule is NC(=O)Cc1cnc(Cl)cc1NCc1cc(F)ccc1Cl. The fourth-order valence-electron chi connectivity index (χ4n) is 1.82. The lowest BCUT2D eigenvalue weighted by Crippen LogP contribution is -2.15.